The van der Waals surface area contributed by atoms with E-state index in [1.165, 1.54) is 5.69 Å². The Hall–Kier alpha value is -2.79. The van der Waals surface area contributed by atoms with Crippen molar-refractivity contribution in [1.29, 1.82) is 0 Å². The third kappa shape index (κ3) is 4.37. The number of H-pyrrole nitrogens is 1. The lowest BCUT2D eigenvalue weighted by molar-refractivity contribution is 0.225. The van der Waals surface area contributed by atoms with Gasteiger partial charge < -0.3 is 14.6 Å². The number of pyridine rings is 1. The Morgan fingerprint density at radius 1 is 1.00 bits per heavy atom. The molecule has 0 aliphatic carbocycles. The summed E-state index contributed by atoms with van der Waals surface area (Å²) in [5.74, 6) is 0.858. The predicted molar refractivity (Wildman–Crippen MR) is 115 cm³/mol. The van der Waals surface area contributed by atoms with Crippen LogP contribution in [0.25, 0.3) is 10.9 Å². The van der Waals surface area contributed by atoms with Gasteiger partial charge in [0.05, 0.1) is 6.61 Å². The van der Waals surface area contributed by atoms with Crippen LogP contribution in [0.2, 0.25) is 0 Å². The maximum Gasteiger partial charge on any atom is 0.248 e. The molecule has 0 atom stereocenters. The van der Waals surface area contributed by atoms with E-state index in [2.05, 4.69) is 45.1 Å². The van der Waals surface area contributed by atoms with Crippen molar-refractivity contribution in [2.75, 3.05) is 44.2 Å². The largest absolute Gasteiger partial charge is 0.494 e. The summed E-state index contributed by atoms with van der Waals surface area (Å²) in [6, 6.07) is 18.1. The second-order valence-corrected chi connectivity index (χ2v) is 7.39. The number of hydrogen-bond donors (Lipinski definition) is 1. The molecule has 0 amide bonds. The first kappa shape index (κ1) is 18.6. The molecular formula is C23H27N3O2. The molecular weight excluding hydrogens is 350 g/mol. The zero-order valence-corrected chi connectivity index (χ0v) is 16.4. The van der Waals surface area contributed by atoms with Crippen molar-refractivity contribution in [3.8, 4) is 5.75 Å². The Morgan fingerprint density at radius 3 is 2.57 bits per heavy atom. The second kappa shape index (κ2) is 8.48. The highest BCUT2D eigenvalue weighted by atomic mass is 16.5. The molecule has 0 spiro atoms. The minimum absolute atomic E-state index is 0.0639. The van der Waals surface area contributed by atoms with E-state index in [1.807, 2.05) is 25.1 Å². The summed E-state index contributed by atoms with van der Waals surface area (Å²) in [5.41, 5.74) is 3.08. The van der Waals surface area contributed by atoms with Gasteiger partial charge in [-0.05, 0) is 49.2 Å². The number of rotatable bonds is 6. The van der Waals surface area contributed by atoms with Gasteiger partial charge >= 0.3 is 0 Å². The van der Waals surface area contributed by atoms with Crippen LogP contribution < -0.4 is 15.2 Å². The fourth-order valence-electron chi connectivity index (χ4n) is 3.84. The van der Waals surface area contributed by atoms with Gasteiger partial charge in [-0.3, -0.25) is 9.69 Å². The fraction of sp³-hybridized carbons (Fsp3) is 0.348. The van der Waals surface area contributed by atoms with Crippen LogP contribution in [0.5, 0.6) is 5.75 Å². The molecule has 0 unspecified atom stereocenters. The van der Waals surface area contributed by atoms with Crippen LogP contribution >= 0.6 is 0 Å². The van der Waals surface area contributed by atoms with Crippen molar-refractivity contribution >= 4 is 16.6 Å². The lowest BCUT2D eigenvalue weighted by Gasteiger charge is -2.36. The molecule has 4 rings (SSSR count). The maximum absolute atomic E-state index is 11.6. The molecule has 5 heteroatoms. The molecule has 0 radical (unpaired) electrons. The van der Waals surface area contributed by atoms with Crippen molar-refractivity contribution in [2.24, 2.45) is 0 Å². The predicted octanol–water partition coefficient (Wildman–Crippen LogP) is 3.43. The van der Waals surface area contributed by atoms with E-state index in [0.717, 1.165) is 61.4 Å². The van der Waals surface area contributed by atoms with E-state index in [9.17, 15) is 4.79 Å². The maximum atomic E-state index is 11.6. The lowest BCUT2D eigenvalue weighted by Crippen LogP contribution is -2.46. The highest BCUT2D eigenvalue weighted by Gasteiger charge is 2.16. The Labute approximate surface area is 165 Å². The molecule has 28 heavy (non-hydrogen) atoms. The van der Waals surface area contributed by atoms with Gasteiger partial charge in [0.15, 0.2) is 0 Å². The van der Waals surface area contributed by atoms with Gasteiger partial charge in [-0.2, -0.15) is 0 Å². The number of para-hydroxylation sites is 1. The minimum Gasteiger partial charge on any atom is -0.494 e. The van der Waals surface area contributed by atoms with Crippen molar-refractivity contribution in [3.05, 3.63) is 70.5 Å². The van der Waals surface area contributed by atoms with Crippen LogP contribution in [0.15, 0.2) is 59.4 Å². The molecule has 1 N–H and O–H groups in total. The van der Waals surface area contributed by atoms with Crippen LogP contribution in [0.3, 0.4) is 0 Å². The zero-order chi connectivity index (χ0) is 19.3. The first-order valence-corrected chi connectivity index (χ1v) is 9.98. The van der Waals surface area contributed by atoms with E-state index >= 15 is 0 Å². The minimum atomic E-state index is -0.0639. The summed E-state index contributed by atoms with van der Waals surface area (Å²) in [6.07, 6.45) is 1.01. The Morgan fingerprint density at radius 2 is 1.79 bits per heavy atom. The summed E-state index contributed by atoms with van der Waals surface area (Å²) < 4.78 is 5.95. The average Bonchev–Trinajstić information content (AvgIpc) is 2.72. The fourth-order valence-corrected chi connectivity index (χ4v) is 3.84. The molecule has 2 heterocycles. The Bertz CT molecular complexity index is 976. The number of fused-ring (bicyclic) bond motifs is 1. The van der Waals surface area contributed by atoms with Crippen LogP contribution in [0.1, 0.15) is 12.0 Å². The summed E-state index contributed by atoms with van der Waals surface area (Å²) >= 11 is 0. The first-order valence-electron chi connectivity index (χ1n) is 9.98. The van der Waals surface area contributed by atoms with Gasteiger partial charge in [0, 0.05) is 55.4 Å². The normalized spacial score (nSPS) is 15.1. The van der Waals surface area contributed by atoms with Crippen molar-refractivity contribution in [1.82, 2.24) is 9.88 Å². The van der Waals surface area contributed by atoms with Gasteiger partial charge in [0.2, 0.25) is 5.56 Å². The van der Waals surface area contributed by atoms with Gasteiger partial charge in [-0.15, -0.1) is 0 Å². The number of piperazine rings is 1. The first-order chi connectivity index (χ1) is 13.7. The number of hydrogen-bond acceptors (Lipinski definition) is 4. The Balaban J connectivity index is 1.23. The number of benzene rings is 2. The highest BCUT2D eigenvalue weighted by Crippen LogP contribution is 2.21. The number of nitrogens with one attached hydrogen (secondary N) is 1. The molecule has 1 saturated heterocycles. The van der Waals surface area contributed by atoms with Crippen molar-refractivity contribution in [2.45, 2.75) is 13.3 Å². The molecule has 1 fully saturated rings. The van der Waals surface area contributed by atoms with Gasteiger partial charge in [0.1, 0.15) is 5.75 Å². The third-order valence-electron chi connectivity index (χ3n) is 5.40. The monoisotopic (exact) mass is 377 g/mol. The molecule has 1 aliphatic heterocycles. The van der Waals surface area contributed by atoms with E-state index in [4.69, 9.17) is 4.74 Å². The van der Waals surface area contributed by atoms with Gasteiger partial charge in [0.25, 0.3) is 0 Å². The quantitative estimate of drug-likeness (QED) is 0.669. The van der Waals surface area contributed by atoms with Gasteiger partial charge in [-0.25, -0.2) is 0 Å². The molecule has 0 bridgehead atoms. The number of aromatic nitrogens is 1. The molecule has 146 valence electrons. The topological polar surface area (TPSA) is 48.6 Å². The summed E-state index contributed by atoms with van der Waals surface area (Å²) in [4.78, 5) is 19.4. The van der Waals surface area contributed by atoms with Crippen LogP contribution in [0, 0.1) is 6.92 Å². The van der Waals surface area contributed by atoms with Crippen LogP contribution in [0.4, 0.5) is 5.69 Å². The summed E-state index contributed by atoms with van der Waals surface area (Å²) in [5, 5.41) is 1.04. The van der Waals surface area contributed by atoms with E-state index in [-0.39, 0.29) is 5.56 Å². The standard InChI is InChI=1S/C23H27N3O2/c1-18-16-23(27)24-22-9-8-20(17-21(18)22)28-15-5-10-25-11-13-26(14-12-25)19-6-3-2-4-7-19/h2-4,6-9,16-17H,5,10-15H2,1H3,(H,24,27). The number of anilines is 1. The van der Waals surface area contributed by atoms with E-state index in [0.29, 0.717) is 6.61 Å². The zero-order valence-electron chi connectivity index (χ0n) is 16.4. The van der Waals surface area contributed by atoms with Crippen LogP contribution in [-0.4, -0.2) is 49.2 Å². The smallest absolute Gasteiger partial charge is 0.248 e. The van der Waals surface area contributed by atoms with Gasteiger partial charge in [-0.1, -0.05) is 18.2 Å². The molecule has 1 aromatic heterocycles. The van der Waals surface area contributed by atoms with Crippen molar-refractivity contribution < 1.29 is 4.74 Å². The molecule has 0 saturated carbocycles. The van der Waals surface area contributed by atoms with Crippen LogP contribution in [-0.2, 0) is 0 Å². The number of nitrogens with zero attached hydrogens (tertiary/aromatic N) is 2. The lowest BCUT2D eigenvalue weighted by atomic mass is 10.1. The third-order valence-corrected chi connectivity index (χ3v) is 5.40. The number of aryl methyl sites for hydroxylation is 1. The average molecular weight is 377 g/mol. The molecule has 5 nitrogen and oxygen atoms in total. The summed E-state index contributed by atoms with van der Waals surface area (Å²) in [7, 11) is 0. The van der Waals surface area contributed by atoms with E-state index in [1.54, 1.807) is 6.07 Å². The SMILES string of the molecule is Cc1cc(=O)[nH]c2ccc(OCCCN3CCN(c4ccccc4)CC3)cc12. The number of ether oxygens (including phenoxy) is 1. The van der Waals surface area contributed by atoms with Crippen molar-refractivity contribution in [3.63, 3.8) is 0 Å². The Kier molecular flexibility index (Phi) is 5.63. The highest BCUT2D eigenvalue weighted by molar-refractivity contribution is 5.83. The molecule has 1 aliphatic rings. The second-order valence-electron chi connectivity index (χ2n) is 7.39. The number of aromatic amines is 1. The molecule has 2 aromatic carbocycles. The molecule has 3 aromatic rings. The summed E-state index contributed by atoms with van der Waals surface area (Å²) in [6.45, 7) is 8.06. The van der Waals surface area contributed by atoms with E-state index < -0.39 is 0 Å².